The number of quaternary nitrogens is 1. The number of phosphoric acid groups is 1. The summed E-state index contributed by atoms with van der Waals surface area (Å²) in [6, 6.07) is 0. The van der Waals surface area contributed by atoms with Crippen molar-refractivity contribution in [1.29, 1.82) is 0 Å². The first-order chi connectivity index (χ1) is 30.2. The third-order valence-electron chi connectivity index (χ3n) is 12.1. The van der Waals surface area contributed by atoms with Crippen molar-refractivity contribution in [2.24, 2.45) is 11.8 Å². The van der Waals surface area contributed by atoms with Crippen LogP contribution in [0.3, 0.4) is 0 Å². The standard InChI is InChI=1S/C50H94NO11P/c1-6-8-10-11-12-13-14-15-16-17-18-19-20-21-22-23-24-25-26-27-29-35-50(56)62-44(42-61-63(57,58)60-39-38-51(3,4)5)41-59-49(55)34-31-30-33-45-46(48(54)40-47(45)53)37-36-43(52)32-28-9-7-2/h30-31,36-37,43-48,52-54H,6-29,32-35,38-42H2,1-5H3/b31-30-,37-36+/t43-,44-,45+,46-,47+,48-/m1/s1. The van der Waals surface area contributed by atoms with Crippen molar-refractivity contribution in [3.05, 3.63) is 24.3 Å². The third kappa shape index (κ3) is 34.4. The summed E-state index contributed by atoms with van der Waals surface area (Å²) in [5.74, 6) is -1.73. The van der Waals surface area contributed by atoms with E-state index < -0.39 is 57.4 Å². The molecular weight excluding hydrogens is 822 g/mol. The molecule has 3 N–H and O–H groups in total. The van der Waals surface area contributed by atoms with Gasteiger partial charge in [-0.25, -0.2) is 0 Å². The first-order valence-corrected chi connectivity index (χ1v) is 26.8. The fourth-order valence-electron chi connectivity index (χ4n) is 8.04. The van der Waals surface area contributed by atoms with Crippen LogP contribution in [0.15, 0.2) is 24.3 Å². The van der Waals surface area contributed by atoms with E-state index in [1.54, 1.807) is 24.3 Å². The van der Waals surface area contributed by atoms with Gasteiger partial charge >= 0.3 is 11.9 Å². The average Bonchev–Trinajstić information content (AvgIpc) is 3.50. The number of esters is 2. The molecule has 7 atom stereocenters. The van der Waals surface area contributed by atoms with Crippen LogP contribution in [-0.4, -0.2) is 104 Å². The van der Waals surface area contributed by atoms with Crippen molar-refractivity contribution in [2.45, 2.75) is 224 Å². The zero-order valence-corrected chi connectivity index (χ0v) is 41.5. The second-order valence-corrected chi connectivity index (χ2v) is 20.6. The number of rotatable bonds is 42. The van der Waals surface area contributed by atoms with Gasteiger partial charge in [0.2, 0.25) is 0 Å². The van der Waals surface area contributed by atoms with E-state index in [0.717, 1.165) is 38.5 Å². The Labute approximate surface area is 384 Å². The third-order valence-corrected chi connectivity index (χ3v) is 13.0. The van der Waals surface area contributed by atoms with Crippen LogP contribution in [-0.2, 0) is 32.7 Å². The Morgan fingerprint density at radius 3 is 1.73 bits per heavy atom. The molecule has 0 aromatic heterocycles. The summed E-state index contributed by atoms with van der Waals surface area (Å²) in [5, 5.41) is 31.4. The van der Waals surface area contributed by atoms with Crippen molar-refractivity contribution in [3.63, 3.8) is 0 Å². The molecule has 1 aliphatic rings. The highest BCUT2D eigenvalue weighted by molar-refractivity contribution is 7.45. The molecule has 12 nitrogen and oxygen atoms in total. The first-order valence-electron chi connectivity index (χ1n) is 25.3. The van der Waals surface area contributed by atoms with Gasteiger partial charge in [0.05, 0.1) is 52.5 Å². The predicted octanol–water partition coefficient (Wildman–Crippen LogP) is 10.4. The van der Waals surface area contributed by atoms with Crippen molar-refractivity contribution in [3.8, 4) is 0 Å². The lowest BCUT2D eigenvalue weighted by Gasteiger charge is -2.28. The predicted molar refractivity (Wildman–Crippen MR) is 252 cm³/mol. The fraction of sp³-hybridized carbons (Fsp3) is 0.880. The second kappa shape index (κ2) is 37.5. The van der Waals surface area contributed by atoms with E-state index in [4.69, 9.17) is 18.5 Å². The zero-order chi connectivity index (χ0) is 46.6. The quantitative estimate of drug-likeness (QED) is 0.0175. The minimum atomic E-state index is -4.71. The van der Waals surface area contributed by atoms with E-state index in [1.165, 1.54) is 109 Å². The molecule has 1 saturated carbocycles. The van der Waals surface area contributed by atoms with Crippen molar-refractivity contribution in [2.75, 3.05) is 47.5 Å². The number of unbranched alkanes of at least 4 members (excludes halogenated alkanes) is 22. The lowest BCUT2D eigenvalue weighted by molar-refractivity contribution is -0.870. The Morgan fingerprint density at radius 2 is 1.21 bits per heavy atom. The molecule has 0 radical (unpaired) electrons. The summed E-state index contributed by atoms with van der Waals surface area (Å²) < 4.78 is 33.9. The molecule has 0 heterocycles. The molecule has 1 unspecified atom stereocenters. The van der Waals surface area contributed by atoms with E-state index in [9.17, 15) is 34.4 Å². The summed E-state index contributed by atoms with van der Waals surface area (Å²) in [4.78, 5) is 37.9. The number of phosphoric ester groups is 1. The Kier molecular flexibility index (Phi) is 35.3. The fourth-order valence-corrected chi connectivity index (χ4v) is 8.77. The SMILES string of the molecule is CCCCCCCCCCCCCCCCCCCCCCCC(=O)O[C@H](COC(=O)C/C=C\C[C@H]1[C@@H](/C=C/[C@H](O)CCCCC)[C@H](O)C[C@@H]1O)COP(=O)([O-])OCC[N+](C)(C)C. The summed E-state index contributed by atoms with van der Waals surface area (Å²) in [7, 11) is 1.00. The Hall–Kier alpha value is -1.63. The Morgan fingerprint density at radius 1 is 0.698 bits per heavy atom. The van der Waals surface area contributed by atoms with E-state index in [-0.39, 0.29) is 37.7 Å². The number of nitrogens with zero attached hydrogens (tertiary/aromatic N) is 1. The first kappa shape index (κ1) is 59.4. The minimum Gasteiger partial charge on any atom is -0.756 e. The highest BCUT2D eigenvalue weighted by atomic mass is 31.2. The normalized spacial score (nSPS) is 20.1. The summed E-state index contributed by atoms with van der Waals surface area (Å²) in [6.45, 7) is 3.78. The van der Waals surface area contributed by atoms with Gasteiger partial charge in [-0.05, 0) is 25.2 Å². The van der Waals surface area contributed by atoms with Gasteiger partial charge in [0.1, 0.15) is 19.8 Å². The molecule has 0 bridgehead atoms. The molecule has 1 fully saturated rings. The van der Waals surface area contributed by atoms with Crippen molar-refractivity contribution < 1.29 is 57.4 Å². The number of likely N-dealkylation sites (N-methyl/N-ethyl adjacent to an activating group) is 1. The van der Waals surface area contributed by atoms with Gasteiger partial charge in [0, 0.05) is 18.8 Å². The van der Waals surface area contributed by atoms with Crippen molar-refractivity contribution >= 4 is 19.8 Å². The van der Waals surface area contributed by atoms with E-state index in [0.29, 0.717) is 30.3 Å². The molecule has 63 heavy (non-hydrogen) atoms. The minimum absolute atomic E-state index is 0.0790. The number of ether oxygens (including phenoxy) is 2. The number of aliphatic hydroxyl groups excluding tert-OH is 3. The van der Waals surface area contributed by atoms with E-state index >= 15 is 0 Å². The lowest BCUT2D eigenvalue weighted by Crippen LogP contribution is -2.37. The molecule has 13 heteroatoms. The summed E-state index contributed by atoms with van der Waals surface area (Å²) in [5.41, 5.74) is 0. The van der Waals surface area contributed by atoms with Crippen LogP contribution >= 0.6 is 7.82 Å². The van der Waals surface area contributed by atoms with E-state index in [2.05, 4.69) is 13.8 Å². The molecule has 370 valence electrons. The van der Waals surface area contributed by atoms with Gasteiger partial charge in [0.15, 0.2) is 6.10 Å². The van der Waals surface area contributed by atoms with Crippen LogP contribution < -0.4 is 4.89 Å². The summed E-state index contributed by atoms with van der Waals surface area (Å²) in [6.07, 6.45) is 34.8. The lowest BCUT2D eigenvalue weighted by atomic mass is 9.89. The van der Waals surface area contributed by atoms with Crippen LogP contribution in [0.25, 0.3) is 0 Å². The highest BCUT2D eigenvalue weighted by Gasteiger charge is 2.39. The van der Waals surface area contributed by atoms with Gasteiger partial charge in [-0.3, -0.25) is 14.2 Å². The van der Waals surface area contributed by atoms with Gasteiger partial charge < -0.3 is 43.2 Å². The smallest absolute Gasteiger partial charge is 0.309 e. The van der Waals surface area contributed by atoms with Crippen LogP contribution in [0, 0.1) is 11.8 Å². The molecule has 0 amide bonds. The molecule has 0 aromatic rings. The van der Waals surface area contributed by atoms with E-state index in [1.807, 2.05) is 21.1 Å². The van der Waals surface area contributed by atoms with Crippen molar-refractivity contribution in [1.82, 2.24) is 0 Å². The molecule has 0 aromatic carbocycles. The van der Waals surface area contributed by atoms with Crippen LogP contribution in [0.4, 0.5) is 0 Å². The Bertz CT molecular complexity index is 1240. The van der Waals surface area contributed by atoms with Gasteiger partial charge in [-0.1, -0.05) is 186 Å². The number of carbonyl (C=O) groups is 2. The molecule has 0 saturated heterocycles. The number of aliphatic hydroxyl groups is 3. The largest absolute Gasteiger partial charge is 0.756 e. The van der Waals surface area contributed by atoms with Crippen LogP contribution in [0.1, 0.15) is 200 Å². The number of hydrogen-bond acceptors (Lipinski definition) is 11. The molecule has 1 rings (SSSR count). The average molecular weight is 916 g/mol. The number of carbonyl (C=O) groups excluding carboxylic acids is 2. The molecule has 0 aliphatic heterocycles. The van der Waals surface area contributed by atoms with Gasteiger partial charge in [0.25, 0.3) is 7.82 Å². The highest BCUT2D eigenvalue weighted by Crippen LogP contribution is 2.39. The topological polar surface area (TPSA) is 172 Å². The molecule has 1 aliphatic carbocycles. The van der Waals surface area contributed by atoms with Crippen LogP contribution in [0.2, 0.25) is 0 Å². The Balaban J connectivity index is 2.42. The number of allylic oxidation sites excluding steroid dienone is 1. The maximum absolute atomic E-state index is 12.8. The summed E-state index contributed by atoms with van der Waals surface area (Å²) >= 11 is 0. The monoisotopic (exact) mass is 916 g/mol. The molecule has 0 spiro atoms. The molecular formula is C50H94NO11P. The van der Waals surface area contributed by atoms with Crippen LogP contribution in [0.5, 0.6) is 0 Å². The van der Waals surface area contributed by atoms with Gasteiger partial charge in [-0.15, -0.1) is 0 Å². The number of hydrogen-bond donors (Lipinski definition) is 3. The maximum Gasteiger partial charge on any atom is 0.309 e. The van der Waals surface area contributed by atoms with Gasteiger partial charge in [-0.2, -0.15) is 0 Å². The zero-order valence-electron chi connectivity index (χ0n) is 40.6. The second-order valence-electron chi connectivity index (χ2n) is 19.2. The maximum atomic E-state index is 12.8.